The van der Waals surface area contributed by atoms with E-state index in [0.29, 0.717) is 19.1 Å². The van der Waals surface area contributed by atoms with E-state index in [0.717, 1.165) is 19.4 Å². The van der Waals surface area contributed by atoms with E-state index in [1.165, 1.54) is 0 Å². The summed E-state index contributed by atoms with van der Waals surface area (Å²) in [6, 6.07) is 0.241. The summed E-state index contributed by atoms with van der Waals surface area (Å²) in [5.74, 6) is 6.00. The molecule has 0 aromatic carbocycles. The average Bonchev–Trinajstić information content (AvgIpc) is 2.84. The standard InChI is InChI=1S/C11H20N6O2/c1-3-18-10-15-8(14-9(16-10)17-12)13-7-11(2)5-4-6-19-11/h3-7,12H2,1-2H3,(H2,13,14,15,16,17). The van der Waals surface area contributed by atoms with Crippen LogP contribution in [-0.2, 0) is 4.74 Å². The minimum absolute atomic E-state index is 0.172. The van der Waals surface area contributed by atoms with E-state index in [9.17, 15) is 0 Å². The number of nitrogens with zero attached hydrogens (tertiary/aromatic N) is 3. The molecule has 8 nitrogen and oxygen atoms in total. The molecule has 1 aliphatic heterocycles. The fraction of sp³-hybridized carbons (Fsp3) is 0.727. The fourth-order valence-electron chi connectivity index (χ4n) is 1.94. The van der Waals surface area contributed by atoms with E-state index in [1.807, 2.05) is 6.92 Å². The molecule has 1 atom stereocenters. The Morgan fingerprint density at radius 2 is 2.16 bits per heavy atom. The number of hydrogen-bond donors (Lipinski definition) is 3. The van der Waals surface area contributed by atoms with E-state index in [2.05, 4.69) is 32.6 Å². The number of nitrogens with one attached hydrogen (secondary N) is 2. The van der Waals surface area contributed by atoms with Gasteiger partial charge in [-0.2, -0.15) is 15.0 Å². The smallest absolute Gasteiger partial charge is 0.323 e. The van der Waals surface area contributed by atoms with Crippen molar-refractivity contribution in [3.8, 4) is 6.01 Å². The maximum Gasteiger partial charge on any atom is 0.323 e. The van der Waals surface area contributed by atoms with Gasteiger partial charge < -0.3 is 14.8 Å². The molecule has 2 rings (SSSR count). The summed E-state index contributed by atoms with van der Waals surface area (Å²) in [6.45, 7) is 5.84. The largest absolute Gasteiger partial charge is 0.464 e. The zero-order chi connectivity index (χ0) is 13.7. The van der Waals surface area contributed by atoms with Crippen molar-refractivity contribution in [2.24, 2.45) is 5.84 Å². The number of hydrazine groups is 1. The molecule has 0 saturated carbocycles. The Hall–Kier alpha value is -1.67. The monoisotopic (exact) mass is 268 g/mol. The Kier molecular flexibility index (Phi) is 4.33. The summed E-state index contributed by atoms with van der Waals surface area (Å²) < 4.78 is 10.9. The Balaban J connectivity index is 2.04. The normalized spacial score (nSPS) is 22.3. The number of hydrogen-bond acceptors (Lipinski definition) is 8. The quantitative estimate of drug-likeness (QED) is 0.507. The van der Waals surface area contributed by atoms with Crippen molar-refractivity contribution in [2.75, 3.05) is 30.5 Å². The molecule has 106 valence electrons. The molecule has 1 aliphatic rings. The number of rotatable bonds is 6. The molecule has 1 aromatic heterocycles. The molecule has 1 fully saturated rings. The third-order valence-electron chi connectivity index (χ3n) is 2.94. The van der Waals surface area contributed by atoms with Gasteiger partial charge in [0, 0.05) is 13.2 Å². The van der Waals surface area contributed by atoms with Gasteiger partial charge in [-0.1, -0.05) is 0 Å². The van der Waals surface area contributed by atoms with Crippen LogP contribution in [0.3, 0.4) is 0 Å². The molecule has 8 heteroatoms. The van der Waals surface area contributed by atoms with E-state index >= 15 is 0 Å². The van der Waals surface area contributed by atoms with Crippen LogP contribution in [0.4, 0.5) is 11.9 Å². The first-order valence-corrected chi connectivity index (χ1v) is 6.38. The SMILES string of the molecule is CCOc1nc(NN)nc(NCC2(C)CCCO2)n1. The maximum atomic E-state index is 5.69. The van der Waals surface area contributed by atoms with Crippen LogP contribution in [0.2, 0.25) is 0 Å². The third-order valence-corrected chi connectivity index (χ3v) is 2.94. The van der Waals surface area contributed by atoms with Gasteiger partial charge in [0.1, 0.15) is 0 Å². The van der Waals surface area contributed by atoms with E-state index < -0.39 is 0 Å². The number of nitrogens with two attached hydrogens (primary N) is 1. The van der Waals surface area contributed by atoms with Gasteiger partial charge in [-0.3, -0.25) is 5.43 Å². The molecule has 0 radical (unpaired) electrons. The first-order valence-electron chi connectivity index (χ1n) is 6.38. The topological polar surface area (TPSA) is 107 Å². The molecule has 1 unspecified atom stereocenters. The number of aromatic nitrogens is 3. The molecule has 4 N–H and O–H groups in total. The molecule has 19 heavy (non-hydrogen) atoms. The summed E-state index contributed by atoms with van der Waals surface area (Å²) in [6.07, 6.45) is 2.10. The highest BCUT2D eigenvalue weighted by atomic mass is 16.5. The van der Waals surface area contributed by atoms with Crippen molar-refractivity contribution in [3.05, 3.63) is 0 Å². The lowest BCUT2D eigenvalue weighted by Crippen LogP contribution is -2.33. The first-order chi connectivity index (χ1) is 9.15. The second kappa shape index (κ2) is 5.98. The molecule has 1 saturated heterocycles. The highest BCUT2D eigenvalue weighted by molar-refractivity contribution is 5.35. The second-order valence-corrected chi connectivity index (χ2v) is 4.60. The molecular weight excluding hydrogens is 248 g/mol. The lowest BCUT2D eigenvalue weighted by atomic mass is 10.0. The van der Waals surface area contributed by atoms with Crippen LogP contribution in [0, 0.1) is 0 Å². The summed E-state index contributed by atoms with van der Waals surface area (Å²) in [7, 11) is 0. The molecule has 0 amide bonds. The summed E-state index contributed by atoms with van der Waals surface area (Å²) in [5, 5.41) is 3.14. The molecule has 2 heterocycles. The minimum atomic E-state index is -0.172. The maximum absolute atomic E-state index is 5.69. The van der Waals surface area contributed by atoms with E-state index in [4.69, 9.17) is 15.3 Å². The van der Waals surface area contributed by atoms with Crippen LogP contribution < -0.4 is 21.3 Å². The Labute approximate surface area is 112 Å². The zero-order valence-corrected chi connectivity index (χ0v) is 11.3. The fourth-order valence-corrected chi connectivity index (χ4v) is 1.94. The highest BCUT2D eigenvalue weighted by Crippen LogP contribution is 2.25. The van der Waals surface area contributed by atoms with E-state index in [1.54, 1.807) is 0 Å². The molecule has 1 aromatic rings. The van der Waals surface area contributed by atoms with Crippen LogP contribution in [-0.4, -0.2) is 40.3 Å². The summed E-state index contributed by atoms with van der Waals surface area (Å²) >= 11 is 0. The van der Waals surface area contributed by atoms with Crippen LogP contribution in [0.5, 0.6) is 6.01 Å². The Bertz CT molecular complexity index is 422. The van der Waals surface area contributed by atoms with Crippen LogP contribution in [0.25, 0.3) is 0 Å². The van der Waals surface area contributed by atoms with Crippen molar-refractivity contribution in [3.63, 3.8) is 0 Å². The third kappa shape index (κ3) is 3.65. The highest BCUT2D eigenvalue weighted by Gasteiger charge is 2.29. The minimum Gasteiger partial charge on any atom is -0.464 e. The van der Waals surface area contributed by atoms with Crippen LogP contribution >= 0.6 is 0 Å². The molecule has 0 spiro atoms. The summed E-state index contributed by atoms with van der Waals surface area (Å²) in [4.78, 5) is 12.3. The van der Waals surface area contributed by atoms with Gasteiger partial charge in [-0.25, -0.2) is 5.84 Å². The second-order valence-electron chi connectivity index (χ2n) is 4.60. The van der Waals surface area contributed by atoms with E-state index in [-0.39, 0.29) is 17.6 Å². The zero-order valence-electron chi connectivity index (χ0n) is 11.3. The Morgan fingerprint density at radius 3 is 2.79 bits per heavy atom. The molecule has 0 aliphatic carbocycles. The average molecular weight is 268 g/mol. The van der Waals surface area contributed by atoms with Gasteiger partial charge in [0.15, 0.2) is 0 Å². The van der Waals surface area contributed by atoms with Crippen molar-refractivity contribution < 1.29 is 9.47 Å². The predicted molar refractivity (Wildman–Crippen MR) is 70.9 cm³/mol. The van der Waals surface area contributed by atoms with Crippen molar-refractivity contribution in [1.29, 1.82) is 0 Å². The van der Waals surface area contributed by atoms with Crippen molar-refractivity contribution >= 4 is 11.9 Å². The Morgan fingerprint density at radius 1 is 1.37 bits per heavy atom. The molecule has 0 bridgehead atoms. The van der Waals surface area contributed by atoms with Crippen molar-refractivity contribution in [2.45, 2.75) is 32.3 Å². The predicted octanol–water partition coefficient (Wildman–Crippen LogP) is 0.537. The van der Waals surface area contributed by atoms with Gasteiger partial charge in [-0.15, -0.1) is 0 Å². The van der Waals surface area contributed by atoms with Crippen molar-refractivity contribution in [1.82, 2.24) is 15.0 Å². The van der Waals surface area contributed by atoms with Gasteiger partial charge in [-0.05, 0) is 26.7 Å². The lowest BCUT2D eigenvalue weighted by molar-refractivity contribution is 0.0314. The summed E-state index contributed by atoms with van der Waals surface area (Å²) in [5.41, 5.74) is 2.22. The molecular formula is C11H20N6O2. The first kappa shape index (κ1) is 13.8. The lowest BCUT2D eigenvalue weighted by Gasteiger charge is -2.23. The number of nitrogen functional groups attached to an aromatic ring is 1. The van der Waals surface area contributed by atoms with Gasteiger partial charge in [0.05, 0.1) is 12.2 Å². The van der Waals surface area contributed by atoms with Gasteiger partial charge in [0.2, 0.25) is 11.9 Å². The van der Waals surface area contributed by atoms with Gasteiger partial charge >= 0.3 is 6.01 Å². The van der Waals surface area contributed by atoms with Gasteiger partial charge in [0.25, 0.3) is 0 Å². The van der Waals surface area contributed by atoms with Crippen LogP contribution in [0.15, 0.2) is 0 Å². The number of anilines is 2. The van der Waals surface area contributed by atoms with Crippen LogP contribution in [0.1, 0.15) is 26.7 Å². The number of ether oxygens (including phenoxy) is 2.